The first-order chi connectivity index (χ1) is 16.4. The number of anilines is 1. The summed E-state index contributed by atoms with van der Waals surface area (Å²) in [4.78, 5) is 20.1. The molecule has 3 aromatic carbocycles. The van der Waals surface area contributed by atoms with Gasteiger partial charge >= 0.3 is 0 Å². The first-order valence-corrected chi connectivity index (χ1v) is 11.9. The van der Waals surface area contributed by atoms with Crippen LogP contribution < -0.4 is 9.64 Å². The monoisotopic (exact) mass is 453 g/mol. The number of benzene rings is 3. The summed E-state index contributed by atoms with van der Waals surface area (Å²) >= 11 is 0. The second-order valence-electron chi connectivity index (χ2n) is 9.43. The molecule has 1 fully saturated rings. The van der Waals surface area contributed by atoms with Crippen LogP contribution in [-0.2, 0) is 11.3 Å². The van der Waals surface area contributed by atoms with Crippen LogP contribution in [0.15, 0.2) is 60.7 Å². The Morgan fingerprint density at radius 1 is 0.941 bits per heavy atom. The van der Waals surface area contributed by atoms with Gasteiger partial charge in [0.15, 0.2) is 0 Å². The maximum Gasteiger partial charge on any atom is 0.227 e. The van der Waals surface area contributed by atoms with Crippen molar-refractivity contribution in [2.45, 2.75) is 46.6 Å². The maximum atomic E-state index is 13.1. The highest BCUT2D eigenvalue weighted by Crippen LogP contribution is 2.36. The van der Waals surface area contributed by atoms with Gasteiger partial charge in [0, 0.05) is 24.6 Å². The summed E-state index contributed by atoms with van der Waals surface area (Å²) in [5.41, 5.74) is 7.73. The van der Waals surface area contributed by atoms with Crippen LogP contribution >= 0.6 is 0 Å². The van der Waals surface area contributed by atoms with E-state index in [-0.39, 0.29) is 11.8 Å². The molecule has 34 heavy (non-hydrogen) atoms. The zero-order chi connectivity index (χ0) is 23.8. The van der Waals surface area contributed by atoms with Gasteiger partial charge in [-0.15, -0.1) is 0 Å². The fraction of sp³-hybridized carbons (Fsp3) is 0.310. The number of hydrogen-bond donors (Lipinski definition) is 0. The van der Waals surface area contributed by atoms with Gasteiger partial charge in [-0.3, -0.25) is 4.79 Å². The lowest BCUT2D eigenvalue weighted by Crippen LogP contribution is -2.26. The first-order valence-electron chi connectivity index (χ1n) is 11.9. The second kappa shape index (κ2) is 8.98. The minimum Gasteiger partial charge on any atom is -0.492 e. The minimum absolute atomic E-state index is 0.0418. The van der Waals surface area contributed by atoms with E-state index in [2.05, 4.69) is 68.7 Å². The Balaban J connectivity index is 1.42. The second-order valence-corrected chi connectivity index (χ2v) is 9.43. The summed E-state index contributed by atoms with van der Waals surface area (Å²) in [6, 6.07) is 20.7. The van der Waals surface area contributed by atoms with E-state index < -0.39 is 0 Å². The number of aryl methyl sites for hydroxylation is 4. The fourth-order valence-electron chi connectivity index (χ4n) is 5.24. The van der Waals surface area contributed by atoms with Gasteiger partial charge in [0.1, 0.15) is 18.2 Å². The topological polar surface area (TPSA) is 47.4 Å². The molecule has 1 atom stereocenters. The van der Waals surface area contributed by atoms with E-state index >= 15 is 0 Å². The molecule has 1 aromatic heterocycles. The van der Waals surface area contributed by atoms with Crippen molar-refractivity contribution in [1.29, 1.82) is 0 Å². The number of nitrogens with zero attached hydrogens (tertiary/aromatic N) is 3. The molecular weight excluding hydrogens is 422 g/mol. The van der Waals surface area contributed by atoms with Crippen molar-refractivity contribution >= 4 is 22.6 Å². The number of amides is 1. The van der Waals surface area contributed by atoms with E-state index in [9.17, 15) is 4.79 Å². The van der Waals surface area contributed by atoms with Gasteiger partial charge in [-0.1, -0.05) is 36.4 Å². The van der Waals surface area contributed by atoms with Crippen LogP contribution in [-0.4, -0.2) is 28.6 Å². The molecule has 1 saturated heterocycles. The summed E-state index contributed by atoms with van der Waals surface area (Å²) in [6.45, 7) is 10.2. The minimum atomic E-state index is 0.0418. The summed E-state index contributed by atoms with van der Waals surface area (Å²) in [7, 11) is 0. The average molecular weight is 454 g/mol. The molecule has 0 saturated carbocycles. The lowest BCUT2D eigenvalue weighted by Gasteiger charge is -2.21. The van der Waals surface area contributed by atoms with Gasteiger partial charge in [-0.05, 0) is 74.2 Å². The van der Waals surface area contributed by atoms with Crippen molar-refractivity contribution < 1.29 is 9.53 Å². The fourth-order valence-corrected chi connectivity index (χ4v) is 5.24. The summed E-state index contributed by atoms with van der Waals surface area (Å²) in [5, 5.41) is 0. The third kappa shape index (κ3) is 4.18. The van der Waals surface area contributed by atoms with E-state index in [1.165, 1.54) is 11.1 Å². The molecule has 0 radical (unpaired) electrons. The zero-order valence-corrected chi connectivity index (χ0v) is 20.3. The Bertz CT molecular complexity index is 1330. The van der Waals surface area contributed by atoms with Gasteiger partial charge in [0.2, 0.25) is 5.91 Å². The predicted octanol–water partition coefficient (Wildman–Crippen LogP) is 5.87. The number of aromatic nitrogens is 2. The Morgan fingerprint density at radius 2 is 1.65 bits per heavy atom. The highest BCUT2D eigenvalue weighted by molar-refractivity contribution is 5.98. The molecule has 0 spiro atoms. The number of fused-ring (bicyclic) bond motifs is 1. The van der Waals surface area contributed by atoms with Gasteiger partial charge < -0.3 is 14.2 Å². The van der Waals surface area contributed by atoms with Gasteiger partial charge in [-0.2, -0.15) is 0 Å². The van der Waals surface area contributed by atoms with Gasteiger partial charge in [0.25, 0.3) is 0 Å². The lowest BCUT2D eigenvalue weighted by atomic mass is 10.1. The predicted molar refractivity (Wildman–Crippen MR) is 137 cm³/mol. The van der Waals surface area contributed by atoms with Crippen LogP contribution in [0.4, 0.5) is 5.69 Å². The van der Waals surface area contributed by atoms with E-state index in [0.29, 0.717) is 26.1 Å². The average Bonchev–Trinajstić information content (AvgIpc) is 3.34. The molecular formula is C29H31N3O2. The van der Waals surface area contributed by atoms with E-state index in [4.69, 9.17) is 9.72 Å². The number of carbonyl (C=O) groups excluding carboxylic acids is 1. The van der Waals surface area contributed by atoms with Crippen LogP contribution in [0.3, 0.4) is 0 Å². The molecule has 4 aromatic rings. The molecule has 174 valence electrons. The molecule has 1 aliphatic rings. The summed E-state index contributed by atoms with van der Waals surface area (Å²) in [5.74, 6) is 2.06. The normalized spacial score (nSPS) is 15.9. The molecule has 5 nitrogen and oxygen atoms in total. The van der Waals surface area contributed by atoms with Crippen LogP contribution in [0.1, 0.15) is 40.4 Å². The van der Waals surface area contributed by atoms with E-state index in [0.717, 1.165) is 39.4 Å². The van der Waals surface area contributed by atoms with Crippen molar-refractivity contribution in [1.82, 2.24) is 9.55 Å². The molecule has 1 amide bonds. The highest BCUT2D eigenvalue weighted by atomic mass is 16.5. The Hall–Kier alpha value is -3.60. The standard InChI is InChI=1S/C29H31N3O2/c1-19-14-20(2)16-24(15-19)34-13-12-31-26-11-6-5-10-25(26)30-29(31)23-17-27(33)32(18-23)28-21(3)8-7-9-22(28)4/h5-11,14-16,23H,12-13,17-18H2,1-4H3/t23-/m1/s1. The zero-order valence-electron chi connectivity index (χ0n) is 20.3. The van der Waals surface area contributed by atoms with Crippen molar-refractivity contribution in [3.05, 3.63) is 88.7 Å². The van der Waals surface area contributed by atoms with Crippen LogP contribution in [0.25, 0.3) is 11.0 Å². The number of rotatable bonds is 6. The number of carbonyl (C=O) groups is 1. The Kier molecular flexibility index (Phi) is 5.86. The first kappa shape index (κ1) is 22.2. The van der Waals surface area contributed by atoms with Crippen molar-refractivity contribution in [3.63, 3.8) is 0 Å². The molecule has 0 N–H and O–H groups in total. The molecule has 2 heterocycles. The van der Waals surface area contributed by atoms with Crippen molar-refractivity contribution in [2.24, 2.45) is 0 Å². The maximum absolute atomic E-state index is 13.1. The molecule has 0 aliphatic carbocycles. The third-order valence-corrected chi connectivity index (χ3v) is 6.66. The largest absolute Gasteiger partial charge is 0.492 e. The van der Waals surface area contributed by atoms with E-state index in [1.54, 1.807) is 0 Å². The number of imidazole rings is 1. The lowest BCUT2D eigenvalue weighted by molar-refractivity contribution is -0.117. The molecule has 5 rings (SSSR count). The van der Waals surface area contributed by atoms with Gasteiger partial charge in [-0.25, -0.2) is 4.98 Å². The number of para-hydroxylation sites is 3. The molecule has 0 unspecified atom stereocenters. The van der Waals surface area contributed by atoms with Gasteiger partial charge in [0.05, 0.1) is 17.6 Å². The highest BCUT2D eigenvalue weighted by Gasteiger charge is 2.35. The number of ether oxygens (including phenoxy) is 1. The van der Waals surface area contributed by atoms with Crippen molar-refractivity contribution in [2.75, 3.05) is 18.1 Å². The SMILES string of the molecule is Cc1cc(C)cc(OCCn2c([C@@H]3CC(=O)N(c4c(C)cccc4C)C3)nc3ccccc32)c1. The number of hydrogen-bond acceptors (Lipinski definition) is 3. The summed E-state index contributed by atoms with van der Waals surface area (Å²) in [6.07, 6.45) is 0.467. The van der Waals surface area contributed by atoms with Crippen molar-refractivity contribution in [3.8, 4) is 5.75 Å². The third-order valence-electron chi connectivity index (χ3n) is 6.66. The smallest absolute Gasteiger partial charge is 0.227 e. The van der Waals surface area contributed by atoms with Crippen LogP contribution in [0.5, 0.6) is 5.75 Å². The molecule has 1 aliphatic heterocycles. The quantitative estimate of drug-likeness (QED) is 0.367. The van der Waals surface area contributed by atoms with Crippen LogP contribution in [0, 0.1) is 27.7 Å². The molecule has 0 bridgehead atoms. The van der Waals surface area contributed by atoms with E-state index in [1.807, 2.05) is 29.2 Å². The summed E-state index contributed by atoms with van der Waals surface area (Å²) < 4.78 is 8.36. The Morgan fingerprint density at radius 3 is 2.38 bits per heavy atom. The Labute approximate surface area is 201 Å². The molecule has 5 heteroatoms. The van der Waals surface area contributed by atoms with Crippen LogP contribution in [0.2, 0.25) is 0 Å².